The van der Waals surface area contributed by atoms with E-state index in [0.29, 0.717) is 23.0 Å². The van der Waals surface area contributed by atoms with Crippen LogP contribution in [0.2, 0.25) is 0 Å². The lowest BCUT2D eigenvalue weighted by atomic mass is 10.3. The minimum Gasteiger partial charge on any atom is -0.475 e. The smallest absolute Gasteiger partial charge is 0.475 e. The number of aliphatic carboxylic acids is 1. The predicted octanol–water partition coefficient (Wildman–Crippen LogP) is 1.43. The van der Waals surface area contributed by atoms with Gasteiger partial charge in [0.1, 0.15) is 0 Å². The van der Waals surface area contributed by atoms with Crippen LogP contribution in [0.3, 0.4) is 0 Å². The summed E-state index contributed by atoms with van der Waals surface area (Å²) >= 11 is 0. The van der Waals surface area contributed by atoms with Crippen molar-refractivity contribution in [2.24, 2.45) is 5.92 Å². The van der Waals surface area contributed by atoms with Crippen LogP contribution < -0.4 is 16.2 Å². The van der Waals surface area contributed by atoms with Crippen LogP contribution in [-0.2, 0) is 11.3 Å². The quantitative estimate of drug-likeness (QED) is 0.741. The van der Waals surface area contributed by atoms with Crippen LogP contribution in [0.25, 0.3) is 11.2 Å². The molecule has 2 heterocycles. The summed E-state index contributed by atoms with van der Waals surface area (Å²) in [5.74, 6) is -1.48. The second kappa shape index (κ2) is 6.99. The molecule has 1 aliphatic rings. The molecule has 0 radical (unpaired) electrons. The van der Waals surface area contributed by atoms with Crippen molar-refractivity contribution in [2.75, 3.05) is 18.6 Å². The number of carboxylic acid groups (broad SMARTS) is 1. The number of aryl methyl sites for hydroxylation is 1. The Morgan fingerprint density at radius 1 is 1.32 bits per heavy atom. The number of hydrogen-bond acceptors (Lipinski definition) is 7. The molecule has 5 N–H and O–H groups in total. The van der Waals surface area contributed by atoms with Crippen LogP contribution in [0.4, 0.5) is 24.9 Å². The molecule has 0 unspecified atom stereocenters. The largest absolute Gasteiger partial charge is 0.490 e. The first-order chi connectivity index (χ1) is 11.6. The van der Waals surface area contributed by atoms with Crippen molar-refractivity contribution in [1.29, 1.82) is 0 Å². The molecule has 0 saturated heterocycles. The summed E-state index contributed by atoms with van der Waals surface area (Å²) in [4.78, 5) is 21.3. The summed E-state index contributed by atoms with van der Waals surface area (Å²) in [5.41, 5.74) is 12.6. The first-order valence-electron chi connectivity index (χ1n) is 7.26. The molecule has 0 bridgehead atoms. The Labute approximate surface area is 139 Å². The van der Waals surface area contributed by atoms with E-state index >= 15 is 0 Å². The number of methoxy groups -OCH3 is 1. The van der Waals surface area contributed by atoms with E-state index in [1.807, 2.05) is 4.57 Å². The number of nitrogens with zero attached hydrogens (tertiary/aromatic N) is 4. The minimum absolute atomic E-state index is 0.162. The fourth-order valence-corrected chi connectivity index (χ4v) is 2.10. The molecule has 1 saturated carbocycles. The molecule has 3 rings (SSSR count). The Hall–Kier alpha value is -2.79. The van der Waals surface area contributed by atoms with Gasteiger partial charge in [-0.25, -0.2) is 4.79 Å². The van der Waals surface area contributed by atoms with Gasteiger partial charge in [0.2, 0.25) is 5.95 Å². The topological polar surface area (TPSA) is 142 Å². The van der Waals surface area contributed by atoms with Gasteiger partial charge in [-0.05, 0) is 12.3 Å². The Bertz CT molecular complexity index is 772. The van der Waals surface area contributed by atoms with Gasteiger partial charge in [0.25, 0.3) is 6.01 Å². The number of alkyl halides is 3. The second-order valence-corrected chi connectivity index (χ2v) is 5.42. The third-order valence-corrected chi connectivity index (χ3v) is 3.49. The molecule has 2 aromatic rings. The maximum Gasteiger partial charge on any atom is 0.490 e. The Balaban J connectivity index is 0.000000277. The molecule has 138 valence electrons. The van der Waals surface area contributed by atoms with E-state index in [0.717, 1.165) is 18.9 Å². The zero-order valence-corrected chi connectivity index (χ0v) is 13.2. The molecule has 1 aliphatic carbocycles. The van der Waals surface area contributed by atoms with Crippen molar-refractivity contribution >= 4 is 28.9 Å². The molecule has 0 atom stereocenters. The van der Waals surface area contributed by atoms with E-state index in [4.69, 9.17) is 26.1 Å². The van der Waals surface area contributed by atoms with Gasteiger partial charge in [0.05, 0.1) is 7.11 Å². The van der Waals surface area contributed by atoms with Gasteiger partial charge in [-0.15, -0.1) is 0 Å². The number of ether oxygens (including phenoxy) is 1. The molecular weight excluding hydrogens is 345 g/mol. The molecule has 25 heavy (non-hydrogen) atoms. The van der Waals surface area contributed by atoms with E-state index < -0.39 is 12.1 Å². The predicted molar refractivity (Wildman–Crippen MR) is 81.7 cm³/mol. The van der Waals surface area contributed by atoms with Gasteiger partial charge in [0.15, 0.2) is 17.0 Å². The van der Waals surface area contributed by atoms with E-state index in [1.54, 1.807) is 7.11 Å². The molecule has 1 fully saturated rings. The van der Waals surface area contributed by atoms with Crippen molar-refractivity contribution in [3.05, 3.63) is 0 Å². The number of aromatic nitrogens is 4. The maximum absolute atomic E-state index is 10.6. The van der Waals surface area contributed by atoms with Crippen LogP contribution in [-0.4, -0.2) is 43.9 Å². The zero-order chi connectivity index (χ0) is 18.8. The van der Waals surface area contributed by atoms with Gasteiger partial charge >= 0.3 is 12.1 Å². The number of carbonyl (C=O) groups is 1. The summed E-state index contributed by atoms with van der Waals surface area (Å²) in [6.45, 7) is 0.820. The zero-order valence-electron chi connectivity index (χ0n) is 13.2. The summed E-state index contributed by atoms with van der Waals surface area (Å²) in [6, 6.07) is 0.511. The van der Waals surface area contributed by atoms with Gasteiger partial charge in [-0.2, -0.15) is 28.1 Å². The van der Waals surface area contributed by atoms with Crippen LogP contribution >= 0.6 is 0 Å². The number of fused-ring (bicyclic) bond motifs is 1. The standard InChI is InChI=1S/C11H16N6O.C2HF3O2/c1-18-11-14-7-8(12)15-10(13)16-9(7)17(11)5-4-6-2-3-6;3-2(4,5)1(6)7/h6H,2-5H2,1H3,(H4,12,13,15,16);(H,6,7). The van der Waals surface area contributed by atoms with E-state index in [2.05, 4.69) is 15.0 Å². The minimum atomic E-state index is -5.08. The number of imidazole rings is 1. The normalized spacial score (nSPS) is 14.1. The Morgan fingerprint density at radius 2 is 1.92 bits per heavy atom. The van der Waals surface area contributed by atoms with Gasteiger partial charge < -0.3 is 21.3 Å². The van der Waals surface area contributed by atoms with E-state index in [-0.39, 0.29) is 5.95 Å². The van der Waals surface area contributed by atoms with Gasteiger partial charge in [0, 0.05) is 6.54 Å². The average Bonchev–Trinajstić information content (AvgIpc) is 3.26. The molecule has 0 amide bonds. The highest BCUT2D eigenvalue weighted by Crippen LogP contribution is 2.34. The van der Waals surface area contributed by atoms with Crippen LogP contribution in [0.1, 0.15) is 19.3 Å². The summed E-state index contributed by atoms with van der Waals surface area (Å²) in [6.07, 6.45) is -1.35. The fourth-order valence-electron chi connectivity index (χ4n) is 2.10. The van der Waals surface area contributed by atoms with Gasteiger partial charge in [-0.1, -0.05) is 12.8 Å². The molecular formula is C13H17F3N6O3. The summed E-state index contributed by atoms with van der Waals surface area (Å²) in [5, 5.41) is 7.12. The average molecular weight is 362 g/mol. The van der Waals surface area contributed by atoms with E-state index in [9.17, 15) is 13.2 Å². The molecule has 0 spiro atoms. The maximum atomic E-state index is 10.6. The lowest BCUT2D eigenvalue weighted by Crippen LogP contribution is -2.21. The number of nitrogens with two attached hydrogens (primary N) is 2. The lowest BCUT2D eigenvalue weighted by molar-refractivity contribution is -0.192. The molecule has 2 aromatic heterocycles. The molecule has 12 heteroatoms. The van der Waals surface area contributed by atoms with Crippen molar-refractivity contribution in [3.63, 3.8) is 0 Å². The highest BCUT2D eigenvalue weighted by Gasteiger charge is 2.38. The van der Waals surface area contributed by atoms with Crippen molar-refractivity contribution in [1.82, 2.24) is 19.5 Å². The first kappa shape index (κ1) is 18.5. The number of anilines is 2. The van der Waals surface area contributed by atoms with Gasteiger partial charge in [-0.3, -0.25) is 4.57 Å². The highest BCUT2D eigenvalue weighted by atomic mass is 19.4. The summed E-state index contributed by atoms with van der Waals surface area (Å²) in [7, 11) is 1.59. The van der Waals surface area contributed by atoms with Crippen molar-refractivity contribution in [2.45, 2.75) is 32.0 Å². The highest BCUT2D eigenvalue weighted by molar-refractivity contribution is 5.83. The molecule has 0 aromatic carbocycles. The van der Waals surface area contributed by atoms with E-state index in [1.165, 1.54) is 12.8 Å². The number of rotatable bonds is 4. The monoisotopic (exact) mass is 362 g/mol. The van der Waals surface area contributed by atoms with Crippen molar-refractivity contribution < 1.29 is 27.8 Å². The Kier molecular flexibility index (Phi) is 5.18. The third kappa shape index (κ3) is 4.61. The molecule has 9 nitrogen and oxygen atoms in total. The lowest BCUT2D eigenvalue weighted by Gasteiger charge is -2.06. The SMILES string of the molecule is COc1nc2c(N)nc(N)nc2n1CCC1CC1.O=C(O)C(F)(F)F. The third-order valence-electron chi connectivity index (χ3n) is 3.49. The molecule has 0 aliphatic heterocycles. The number of halogens is 3. The summed E-state index contributed by atoms with van der Waals surface area (Å²) < 4.78 is 38.9. The van der Waals surface area contributed by atoms with Crippen LogP contribution in [0.15, 0.2) is 0 Å². The number of nitrogen functional groups attached to an aromatic ring is 2. The fraction of sp³-hybridized carbons (Fsp3) is 0.538. The van der Waals surface area contributed by atoms with Crippen LogP contribution in [0.5, 0.6) is 6.01 Å². The Morgan fingerprint density at radius 3 is 2.40 bits per heavy atom. The van der Waals surface area contributed by atoms with Crippen molar-refractivity contribution in [3.8, 4) is 6.01 Å². The number of carboxylic acids is 1. The van der Waals surface area contributed by atoms with Crippen LogP contribution in [0, 0.1) is 5.92 Å². The number of hydrogen-bond donors (Lipinski definition) is 3. The second-order valence-electron chi connectivity index (χ2n) is 5.42. The first-order valence-corrected chi connectivity index (χ1v) is 7.26.